The third-order valence-corrected chi connectivity index (χ3v) is 13.1. The minimum atomic E-state index is -2.31. The summed E-state index contributed by atoms with van der Waals surface area (Å²) in [4.78, 5) is 27.1. The molecule has 0 amide bonds. The minimum Gasteiger partial charge on any atom is -0.508 e. The van der Waals surface area contributed by atoms with E-state index in [1.165, 1.54) is 19.1 Å². The second-order valence-electron chi connectivity index (χ2n) is 18.4. The highest BCUT2D eigenvalue weighted by Crippen LogP contribution is 2.41. The van der Waals surface area contributed by atoms with Crippen LogP contribution in [0, 0.1) is 0 Å². The second kappa shape index (κ2) is 23.5. The number of aromatic hydroxyl groups is 6. The Balaban J connectivity index is 1.12. The van der Waals surface area contributed by atoms with Gasteiger partial charge in [0.1, 0.15) is 115 Å². The highest BCUT2D eigenvalue weighted by molar-refractivity contribution is 5.88. The van der Waals surface area contributed by atoms with Crippen molar-refractivity contribution in [3.05, 3.63) is 70.4 Å². The highest BCUT2D eigenvalue weighted by Gasteiger charge is 2.55. The minimum absolute atomic E-state index is 0.214. The maximum atomic E-state index is 14.5. The van der Waals surface area contributed by atoms with Gasteiger partial charge in [-0.3, -0.25) is 4.79 Å². The Labute approximate surface area is 432 Å². The first-order chi connectivity index (χ1) is 36.5. The van der Waals surface area contributed by atoms with E-state index in [-0.39, 0.29) is 11.1 Å². The van der Waals surface area contributed by atoms with Crippen LogP contribution in [0.1, 0.15) is 12.5 Å². The van der Waals surface area contributed by atoms with Crippen molar-refractivity contribution in [1.82, 2.24) is 0 Å². The molecule has 3 aromatic carbocycles. The van der Waals surface area contributed by atoms with Crippen LogP contribution in [0.25, 0.3) is 28.4 Å². The molecule has 0 saturated carbocycles. The molecule has 0 aliphatic carbocycles. The van der Waals surface area contributed by atoms with Crippen LogP contribution in [0.4, 0.5) is 0 Å². The number of phenols is 6. The molecule has 1 aromatic heterocycles. The predicted molar refractivity (Wildman–Crippen MR) is 248 cm³/mol. The highest BCUT2D eigenvalue weighted by atomic mass is 16.8. The van der Waals surface area contributed by atoms with Gasteiger partial charge < -0.3 is 134 Å². The fraction of sp³-hybridized carbons (Fsp3) is 0.500. The van der Waals surface area contributed by atoms with Crippen molar-refractivity contribution in [3.8, 4) is 51.6 Å². The zero-order valence-corrected chi connectivity index (χ0v) is 39.9. The quantitative estimate of drug-likeness (QED) is 0.0304. The summed E-state index contributed by atoms with van der Waals surface area (Å²) in [5.74, 6) is -6.29. The Morgan fingerprint density at radius 3 is 1.82 bits per heavy atom. The third kappa shape index (κ3) is 11.9. The zero-order valence-electron chi connectivity index (χ0n) is 39.9. The molecule has 8 rings (SSSR count). The van der Waals surface area contributed by atoms with Gasteiger partial charge in [-0.1, -0.05) is 6.07 Å². The molecule has 4 aliphatic rings. The molecule has 29 nitrogen and oxygen atoms in total. The molecule has 20 atom stereocenters. The summed E-state index contributed by atoms with van der Waals surface area (Å²) in [5.41, 5.74) is -1.64. The number of carbonyl (C=O) groups excluding carboxylic acids is 1. The molecule has 4 fully saturated rings. The molecule has 422 valence electrons. The number of rotatable bonds is 15. The van der Waals surface area contributed by atoms with Crippen LogP contribution in [0.15, 0.2) is 63.8 Å². The van der Waals surface area contributed by atoms with Gasteiger partial charge >= 0.3 is 5.97 Å². The van der Waals surface area contributed by atoms with Crippen LogP contribution >= 0.6 is 0 Å². The summed E-state index contributed by atoms with van der Waals surface area (Å²) in [6.07, 6.45) is -37.3. The summed E-state index contributed by atoms with van der Waals surface area (Å²) in [7, 11) is 0. The fourth-order valence-electron chi connectivity index (χ4n) is 8.78. The molecule has 4 aliphatic heterocycles. The number of phenolic OH excluding ortho intramolecular Hbond substituents is 6. The number of fused-ring (bicyclic) bond motifs is 1. The number of aliphatic hydroxyl groups is 11. The lowest BCUT2D eigenvalue weighted by atomic mass is 9.96. The molecular weight excluding hydrogens is 1040 g/mol. The van der Waals surface area contributed by atoms with E-state index in [0.717, 1.165) is 48.5 Å². The van der Waals surface area contributed by atoms with E-state index < -0.39 is 211 Å². The Hall–Kier alpha value is -6.04. The number of benzene rings is 3. The van der Waals surface area contributed by atoms with Gasteiger partial charge in [0.2, 0.25) is 17.5 Å². The van der Waals surface area contributed by atoms with E-state index in [9.17, 15) is 96.4 Å². The molecule has 0 bridgehead atoms. The topological polar surface area (TPSA) is 474 Å². The fourth-order valence-corrected chi connectivity index (χ4v) is 8.78. The Bertz CT molecular complexity index is 2810. The van der Waals surface area contributed by atoms with Crippen molar-refractivity contribution in [3.63, 3.8) is 0 Å². The van der Waals surface area contributed by atoms with Crippen molar-refractivity contribution < 1.29 is 139 Å². The van der Waals surface area contributed by atoms with Crippen LogP contribution < -0.4 is 10.2 Å². The van der Waals surface area contributed by atoms with Gasteiger partial charge in [0.05, 0.1) is 19.3 Å². The van der Waals surface area contributed by atoms with Gasteiger partial charge in [-0.05, 0) is 48.9 Å². The van der Waals surface area contributed by atoms with Crippen molar-refractivity contribution in [2.45, 2.75) is 130 Å². The average Bonchev–Trinajstić information content (AvgIpc) is 3.41. The summed E-state index contributed by atoms with van der Waals surface area (Å²) in [6, 6.07) is 8.38. The molecule has 0 unspecified atom stereocenters. The lowest BCUT2D eigenvalue weighted by molar-refractivity contribution is -0.390. The maximum Gasteiger partial charge on any atom is 0.330 e. The van der Waals surface area contributed by atoms with Crippen molar-refractivity contribution in [2.75, 3.05) is 19.8 Å². The number of hydrogen-bond donors (Lipinski definition) is 17. The van der Waals surface area contributed by atoms with Gasteiger partial charge in [0.15, 0.2) is 53.7 Å². The standard InChI is InChI=1S/C48H56O29/c1-15-30(57)35(62)39(66)45(70-15)69-14-27-33(60)38(65)44(48(74-27)75-42-34(61)29-23(55)10-18(50)11-24(29)71-41(42)17-4-6-20(52)22(54)9-17)77-47-43(37(64)31(58)25(12-49)72-47)76-46-40(67)36(63)32(59)26(73-46)13-68-28(56)7-3-16-2-5-19(51)21(53)8-16/h2-11,15,25-27,30-33,35-40,43-55,57-60,62-67H,12-14H2,1H3/t15-,25+,26+,27+,30-,31-,32+,33+,35+,36-,37-,38-,39+,40+,43+,44+,45+,46-,47-,48-/m0/s1. The zero-order chi connectivity index (χ0) is 55.9. The van der Waals surface area contributed by atoms with Crippen LogP contribution in [0.3, 0.4) is 0 Å². The summed E-state index contributed by atoms with van der Waals surface area (Å²) in [5, 5.41) is 181. The van der Waals surface area contributed by atoms with Crippen LogP contribution in [-0.4, -0.2) is 235 Å². The van der Waals surface area contributed by atoms with Gasteiger partial charge in [-0.25, -0.2) is 4.79 Å². The molecule has 17 N–H and O–H groups in total. The van der Waals surface area contributed by atoms with E-state index >= 15 is 0 Å². The van der Waals surface area contributed by atoms with E-state index in [4.69, 9.17) is 47.0 Å². The summed E-state index contributed by atoms with van der Waals surface area (Å²) in [6.45, 7) is -1.38. The van der Waals surface area contributed by atoms with Crippen molar-refractivity contribution in [1.29, 1.82) is 0 Å². The molecule has 5 heterocycles. The Kier molecular flexibility index (Phi) is 17.4. The average molecular weight is 1100 g/mol. The lowest BCUT2D eigenvalue weighted by Gasteiger charge is -2.48. The number of aliphatic hydroxyl groups excluding tert-OH is 11. The van der Waals surface area contributed by atoms with Gasteiger partial charge in [0.25, 0.3) is 0 Å². The molecule has 4 saturated heterocycles. The summed E-state index contributed by atoms with van der Waals surface area (Å²) < 4.78 is 57.8. The first-order valence-corrected chi connectivity index (χ1v) is 23.5. The molecule has 0 radical (unpaired) electrons. The monoisotopic (exact) mass is 1100 g/mol. The molecular formula is C48H56O29. The first kappa shape index (κ1) is 57.1. The first-order valence-electron chi connectivity index (χ1n) is 23.5. The lowest BCUT2D eigenvalue weighted by Crippen LogP contribution is -2.67. The van der Waals surface area contributed by atoms with E-state index in [1.54, 1.807) is 0 Å². The SMILES string of the molecule is C[C@@H]1O[C@@H](OC[C@H]2O[C@@H](Oc3c(-c4ccc(O)c(O)c4)oc4cc(O)cc(O)c4c3=O)[C@H](O[C@@H]3O[C@H](CO)[C@H](O)[C@H](O)[C@H]3O[C@@H]3O[C@H](COC(=O)C=Cc4ccc(O)c(O)c4)[C@@H](O)[C@H](O)[C@H]3O)[C@@H](O)[C@@H]2O)[C@H](O)[C@H](O)[C@H]1O. The van der Waals surface area contributed by atoms with Gasteiger partial charge in [0, 0.05) is 23.8 Å². The van der Waals surface area contributed by atoms with E-state index in [1.807, 2.05) is 0 Å². The largest absolute Gasteiger partial charge is 0.508 e. The number of carbonyl (C=O) groups is 1. The molecule has 77 heavy (non-hydrogen) atoms. The third-order valence-electron chi connectivity index (χ3n) is 13.1. The number of hydrogen-bond acceptors (Lipinski definition) is 29. The normalized spacial score (nSPS) is 35.7. The molecule has 0 spiro atoms. The predicted octanol–water partition coefficient (Wildman–Crippen LogP) is -4.36. The Morgan fingerprint density at radius 2 is 1.14 bits per heavy atom. The van der Waals surface area contributed by atoms with Crippen molar-refractivity contribution >= 4 is 23.0 Å². The maximum absolute atomic E-state index is 14.5. The number of ether oxygens (including phenoxy) is 9. The van der Waals surface area contributed by atoms with Gasteiger partial charge in [-0.2, -0.15) is 0 Å². The Morgan fingerprint density at radius 1 is 0.571 bits per heavy atom. The van der Waals surface area contributed by atoms with E-state index in [2.05, 4.69) is 0 Å². The van der Waals surface area contributed by atoms with Gasteiger partial charge in [-0.15, -0.1) is 0 Å². The number of esters is 1. The molecule has 4 aromatic rings. The smallest absolute Gasteiger partial charge is 0.330 e. The van der Waals surface area contributed by atoms with Crippen LogP contribution in [0.2, 0.25) is 0 Å². The van der Waals surface area contributed by atoms with Crippen molar-refractivity contribution in [2.24, 2.45) is 0 Å². The van der Waals surface area contributed by atoms with Crippen LogP contribution in [-0.2, 0) is 42.7 Å². The van der Waals surface area contributed by atoms with Crippen LogP contribution in [0.5, 0.6) is 40.2 Å². The second-order valence-corrected chi connectivity index (χ2v) is 18.4. The summed E-state index contributed by atoms with van der Waals surface area (Å²) >= 11 is 0. The molecule has 29 heteroatoms. The van der Waals surface area contributed by atoms with E-state index in [0.29, 0.717) is 0 Å².